The van der Waals surface area contributed by atoms with Crippen LogP contribution in [-0.2, 0) is 9.53 Å². The number of methoxy groups -OCH3 is 1. The fourth-order valence-electron chi connectivity index (χ4n) is 3.95. The van der Waals surface area contributed by atoms with E-state index < -0.39 is 0 Å². The van der Waals surface area contributed by atoms with Crippen molar-refractivity contribution >= 4 is 17.5 Å². The molecule has 3 aromatic carbocycles. The lowest BCUT2D eigenvalue weighted by Crippen LogP contribution is -2.25. The fourth-order valence-corrected chi connectivity index (χ4v) is 3.95. The van der Waals surface area contributed by atoms with Gasteiger partial charge >= 0.3 is 0 Å². The van der Waals surface area contributed by atoms with Crippen LogP contribution in [0.4, 0.5) is 5.69 Å². The second-order valence-corrected chi connectivity index (χ2v) is 8.12. The number of benzene rings is 3. The highest BCUT2D eigenvalue weighted by atomic mass is 16.5. The van der Waals surface area contributed by atoms with E-state index in [2.05, 4.69) is 40.0 Å². The number of aromatic nitrogens is 2. The summed E-state index contributed by atoms with van der Waals surface area (Å²) >= 11 is 0. The molecule has 0 atom stereocenters. The topological polar surface area (TPSA) is 85.2 Å². The minimum absolute atomic E-state index is 0.0214. The molecule has 2 amide bonds. The maximum atomic E-state index is 12.7. The molecule has 1 aromatic heterocycles. The summed E-state index contributed by atoms with van der Waals surface area (Å²) in [5.74, 6) is -0.163. The molecule has 35 heavy (non-hydrogen) atoms. The van der Waals surface area contributed by atoms with Crippen LogP contribution >= 0.6 is 0 Å². The molecule has 0 aliphatic rings. The maximum absolute atomic E-state index is 12.7. The van der Waals surface area contributed by atoms with Crippen molar-refractivity contribution in [3.05, 3.63) is 114 Å². The number of anilines is 1. The molecule has 7 heteroatoms. The van der Waals surface area contributed by atoms with Gasteiger partial charge < -0.3 is 15.4 Å². The van der Waals surface area contributed by atoms with E-state index in [0.29, 0.717) is 17.8 Å². The zero-order chi connectivity index (χ0) is 24.5. The minimum Gasteiger partial charge on any atom is -0.375 e. The first kappa shape index (κ1) is 23.9. The van der Waals surface area contributed by atoms with E-state index in [1.54, 1.807) is 29.2 Å². The van der Waals surface area contributed by atoms with Gasteiger partial charge in [-0.05, 0) is 41.8 Å². The fraction of sp³-hybridized carbons (Fsp3) is 0.179. The highest BCUT2D eigenvalue weighted by molar-refractivity contribution is 5.94. The van der Waals surface area contributed by atoms with Crippen molar-refractivity contribution in [3.63, 3.8) is 0 Å². The molecule has 0 aliphatic heterocycles. The van der Waals surface area contributed by atoms with Crippen molar-refractivity contribution in [2.75, 3.05) is 25.6 Å². The number of nitrogens with zero attached hydrogens (tertiary/aromatic N) is 2. The number of amides is 2. The van der Waals surface area contributed by atoms with Gasteiger partial charge in [-0.1, -0.05) is 60.7 Å². The van der Waals surface area contributed by atoms with Crippen molar-refractivity contribution in [1.29, 1.82) is 0 Å². The van der Waals surface area contributed by atoms with E-state index in [1.165, 1.54) is 18.2 Å². The van der Waals surface area contributed by atoms with Gasteiger partial charge in [-0.25, -0.2) is 4.68 Å². The van der Waals surface area contributed by atoms with Gasteiger partial charge in [0, 0.05) is 25.1 Å². The molecule has 0 aliphatic carbocycles. The summed E-state index contributed by atoms with van der Waals surface area (Å²) in [6, 6.07) is 27.9. The summed E-state index contributed by atoms with van der Waals surface area (Å²) in [6.07, 6.45) is 4.06. The van der Waals surface area contributed by atoms with Gasteiger partial charge in [0.2, 0.25) is 5.91 Å². The molecule has 4 aromatic rings. The first-order valence-electron chi connectivity index (χ1n) is 11.5. The second-order valence-electron chi connectivity index (χ2n) is 8.12. The molecule has 0 radical (unpaired) electrons. The van der Waals surface area contributed by atoms with Crippen LogP contribution in [-0.4, -0.2) is 41.9 Å². The lowest BCUT2D eigenvalue weighted by atomic mass is 9.88. The van der Waals surface area contributed by atoms with Crippen LogP contribution < -0.4 is 10.6 Å². The lowest BCUT2D eigenvalue weighted by Gasteiger charge is -2.18. The second kappa shape index (κ2) is 11.8. The Labute approximate surface area is 204 Å². The predicted octanol–water partition coefficient (Wildman–Crippen LogP) is 4.41. The number of carbonyl (C=O) groups is 2. The number of carbonyl (C=O) groups excluding carboxylic acids is 2. The Hall–Kier alpha value is -4.23. The Morgan fingerprint density at radius 3 is 2.14 bits per heavy atom. The standard InChI is InChI=1S/C28H28N4O3/c1-35-20-27(33)31-24-18-30-32(19-24)25-14-12-23(13-15-25)28(34)29-17-16-26(21-8-4-2-5-9-21)22-10-6-3-7-11-22/h2-15,18-19,26H,16-17,20H2,1H3,(H,29,34)(H,31,33). The van der Waals surface area contributed by atoms with E-state index in [1.807, 2.05) is 48.5 Å². The Kier molecular flexibility index (Phi) is 8.04. The Morgan fingerprint density at radius 2 is 1.54 bits per heavy atom. The van der Waals surface area contributed by atoms with Gasteiger partial charge in [-0.3, -0.25) is 9.59 Å². The third kappa shape index (κ3) is 6.43. The molecule has 0 fully saturated rings. The molecule has 4 rings (SSSR count). The smallest absolute Gasteiger partial charge is 0.251 e. The van der Waals surface area contributed by atoms with Gasteiger partial charge in [0.1, 0.15) is 6.61 Å². The first-order chi connectivity index (χ1) is 17.1. The monoisotopic (exact) mass is 468 g/mol. The highest BCUT2D eigenvalue weighted by Crippen LogP contribution is 2.27. The summed E-state index contributed by atoms with van der Waals surface area (Å²) < 4.78 is 6.44. The summed E-state index contributed by atoms with van der Waals surface area (Å²) in [7, 11) is 1.46. The molecule has 7 nitrogen and oxygen atoms in total. The molecule has 0 bridgehead atoms. The van der Waals surface area contributed by atoms with Gasteiger partial charge in [0.25, 0.3) is 5.91 Å². The van der Waals surface area contributed by atoms with E-state index in [4.69, 9.17) is 4.74 Å². The molecular weight excluding hydrogens is 440 g/mol. The van der Waals surface area contributed by atoms with E-state index in [0.717, 1.165) is 12.1 Å². The zero-order valence-corrected chi connectivity index (χ0v) is 19.6. The minimum atomic E-state index is -0.249. The summed E-state index contributed by atoms with van der Waals surface area (Å²) in [5, 5.41) is 10.0. The van der Waals surface area contributed by atoms with Gasteiger partial charge in [-0.15, -0.1) is 0 Å². The number of ether oxygens (including phenoxy) is 1. The zero-order valence-electron chi connectivity index (χ0n) is 19.6. The Balaban J connectivity index is 1.35. The van der Waals surface area contributed by atoms with Crippen LogP contribution in [0, 0.1) is 0 Å². The highest BCUT2D eigenvalue weighted by Gasteiger charge is 2.15. The molecule has 1 heterocycles. The Bertz CT molecular complexity index is 1200. The predicted molar refractivity (Wildman–Crippen MR) is 136 cm³/mol. The van der Waals surface area contributed by atoms with Gasteiger partial charge in [-0.2, -0.15) is 5.10 Å². The van der Waals surface area contributed by atoms with Crippen LogP contribution in [0.15, 0.2) is 97.3 Å². The van der Waals surface area contributed by atoms with Crippen LogP contribution in [0.5, 0.6) is 0 Å². The van der Waals surface area contributed by atoms with Gasteiger partial charge in [0.15, 0.2) is 0 Å². The van der Waals surface area contributed by atoms with Crippen LogP contribution in [0.1, 0.15) is 33.8 Å². The summed E-state index contributed by atoms with van der Waals surface area (Å²) in [6.45, 7) is 0.533. The quantitative estimate of drug-likeness (QED) is 0.361. The van der Waals surface area contributed by atoms with E-state index in [9.17, 15) is 9.59 Å². The maximum Gasteiger partial charge on any atom is 0.251 e. The average Bonchev–Trinajstić information content (AvgIpc) is 3.36. The number of hydrogen-bond donors (Lipinski definition) is 2. The third-order valence-corrected chi connectivity index (χ3v) is 5.66. The SMILES string of the molecule is COCC(=O)Nc1cnn(-c2ccc(C(=O)NCCC(c3ccccc3)c3ccccc3)cc2)c1. The van der Waals surface area contributed by atoms with Crippen molar-refractivity contribution in [2.24, 2.45) is 0 Å². The lowest BCUT2D eigenvalue weighted by molar-refractivity contribution is -0.119. The molecule has 0 unspecified atom stereocenters. The summed E-state index contributed by atoms with van der Waals surface area (Å²) in [5.41, 5.74) is 4.39. The summed E-state index contributed by atoms with van der Waals surface area (Å²) in [4.78, 5) is 24.4. The van der Waals surface area contributed by atoms with Crippen LogP contribution in [0.2, 0.25) is 0 Å². The first-order valence-corrected chi connectivity index (χ1v) is 11.5. The molecular formula is C28H28N4O3. The van der Waals surface area contributed by atoms with Crippen molar-refractivity contribution in [2.45, 2.75) is 12.3 Å². The van der Waals surface area contributed by atoms with Crippen molar-refractivity contribution in [3.8, 4) is 5.69 Å². The molecule has 0 spiro atoms. The van der Waals surface area contributed by atoms with Gasteiger partial charge in [0.05, 0.1) is 23.8 Å². The van der Waals surface area contributed by atoms with Crippen molar-refractivity contribution < 1.29 is 14.3 Å². The number of nitrogens with one attached hydrogen (secondary N) is 2. The average molecular weight is 469 g/mol. The molecule has 178 valence electrons. The number of hydrogen-bond acceptors (Lipinski definition) is 4. The van der Waals surface area contributed by atoms with Crippen molar-refractivity contribution in [1.82, 2.24) is 15.1 Å². The van der Waals surface area contributed by atoms with E-state index in [-0.39, 0.29) is 24.3 Å². The van der Waals surface area contributed by atoms with Crippen LogP contribution in [0.3, 0.4) is 0 Å². The third-order valence-electron chi connectivity index (χ3n) is 5.66. The Morgan fingerprint density at radius 1 is 0.914 bits per heavy atom. The normalized spacial score (nSPS) is 10.8. The largest absolute Gasteiger partial charge is 0.375 e. The molecule has 2 N–H and O–H groups in total. The van der Waals surface area contributed by atoms with Crippen LogP contribution in [0.25, 0.3) is 5.69 Å². The van der Waals surface area contributed by atoms with E-state index >= 15 is 0 Å². The molecule has 0 saturated heterocycles. The number of rotatable bonds is 10. The molecule has 0 saturated carbocycles.